The van der Waals surface area contributed by atoms with E-state index in [4.69, 9.17) is 0 Å². The molecular weight excluding hydrogens is 264 g/mol. The second-order valence-electron chi connectivity index (χ2n) is 6.57. The van der Waals surface area contributed by atoms with Gasteiger partial charge in [-0.15, -0.1) is 0 Å². The van der Waals surface area contributed by atoms with Gasteiger partial charge < -0.3 is 10.2 Å². The van der Waals surface area contributed by atoms with Crippen LogP contribution in [-0.4, -0.2) is 35.5 Å². The molecule has 2 saturated heterocycles. The maximum atomic E-state index is 12.3. The number of hydrogen-bond acceptors (Lipinski definition) is 4. The molecule has 0 aliphatic carbocycles. The average Bonchev–Trinajstić information content (AvgIpc) is 2.50. The zero-order valence-corrected chi connectivity index (χ0v) is 12.9. The number of hydrogen-bond donors (Lipinski definition) is 1. The highest BCUT2D eigenvalue weighted by Crippen LogP contribution is 2.20. The summed E-state index contributed by atoms with van der Waals surface area (Å²) >= 11 is 0. The molecule has 0 radical (unpaired) electrons. The second kappa shape index (κ2) is 6.60. The van der Waals surface area contributed by atoms with Gasteiger partial charge >= 0.3 is 0 Å². The number of aromatic nitrogens is 2. The quantitative estimate of drug-likeness (QED) is 0.919. The lowest BCUT2D eigenvalue weighted by molar-refractivity contribution is 0.345. The first-order valence-corrected chi connectivity index (χ1v) is 8.28. The highest BCUT2D eigenvalue weighted by Gasteiger charge is 2.18. The van der Waals surface area contributed by atoms with Crippen LogP contribution < -0.4 is 15.8 Å². The minimum atomic E-state index is 0.0260. The van der Waals surface area contributed by atoms with Crippen LogP contribution in [0.15, 0.2) is 17.1 Å². The van der Waals surface area contributed by atoms with Gasteiger partial charge in [-0.05, 0) is 38.1 Å². The minimum absolute atomic E-state index is 0.0260. The maximum Gasteiger partial charge on any atom is 0.268 e. The van der Waals surface area contributed by atoms with Gasteiger partial charge in [-0.25, -0.2) is 4.68 Å². The molecule has 0 aromatic carbocycles. The second-order valence-corrected chi connectivity index (χ2v) is 6.57. The molecule has 1 aromatic rings. The summed E-state index contributed by atoms with van der Waals surface area (Å²) in [5.41, 5.74) is 1.01. The molecule has 5 nitrogen and oxygen atoms in total. The number of piperidine rings is 2. The van der Waals surface area contributed by atoms with E-state index in [2.05, 4.69) is 22.2 Å². The molecule has 116 valence electrons. The molecule has 1 aromatic heterocycles. The fourth-order valence-electron chi connectivity index (χ4n) is 3.45. The van der Waals surface area contributed by atoms with Crippen LogP contribution in [0.25, 0.3) is 0 Å². The summed E-state index contributed by atoms with van der Waals surface area (Å²) in [6.07, 6.45) is 7.98. The van der Waals surface area contributed by atoms with E-state index in [-0.39, 0.29) is 5.56 Å². The van der Waals surface area contributed by atoms with Gasteiger partial charge in [0.05, 0.1) is 18.4 Å². The SMILES string of the molecule is CC1CCCN(c2cnn(CC3CCCCN3)c(=O)c2)C1. The van der Waals surface area contributed by atoms with Crippen molar-refractivity contribution < 1.29 is 0 Å². The van der Waals surface area contributed by atoms with E-state index in [1.54, 1.807) is 10.7 Å². The summed E-state index contributed by atoms with van der Waals surface area (Å²) in [5, 5.41) is 7.86. The smallest absolute Gasteiger partial charge is 0.268 e. The predicted molar refractivity (Wildman–Crippen MR) is 84.7 cm³/mol. The number of anilines is 1. The molecule has 21 heavy (non-hydrogen) atoms. The maximum absolute atomic E-state index is 12.3. The van der Waals surface area contributed by atoms with Gasteiger partial charge in [0.2, 0.25) is 0 Å². The van der Waals surface area contributed by atoms with Crippen LogP contribution in [0.4, 0.5) is 5.69 Å². The van der Waals surface area contributed by atoms with Crippen molar-refractivity contribution in [3.63, 3.8) is 0 Å². The third-order valence-electron chi connectivity index (χ3n) is 4.68. The Balaban J connectivity index is 1.68. The first-order chi connectivity index (χ1) is 10.2. The third-order valence-corrected chi connectivity index (χ3v) is 4.68. The lowest BCUT2D eigenvalue weighted by Gasteiger charge is -2.32. The molecule has 0 saturated carbocycles. The molecule has 2 unspecified atom stereocenters. The largest absolute Gasteiger partial charge is 0.370 e. The van der Waals surface area contributed by atoms with Gasteiger partial charge in [0.25, 0.3) is 5.56 Å². The average molecular weight is 290 g/mol. The van der Waals surface area contributed by atoms with Crippen molar-refractivity contribution in [1.82, 2.24) is 15.1 Å². The molecule has 1 N–H and O–H groups in total. The van der Waals surface area contributed by atoms with Crippen LogP contribution >= 0.6 is 0 Å². The Kier molecular flexibility index (Phi) is 4.58. The summed E-state index contributed by atoms with van der Waals surface area (Å²) in [6, 6.07) is 2.15. The molecule has 0 bridgehead atoms. The summed E-state index contributed by atoms with van der Waals surface area (Å²) < 4.78 is 1.61. The Morgan fingerprint density at radius 1 is 1.33 bits per heavy atom. The fraction of sp³-hybridized carbons (Fsp3) is 0.750. The number of nitrogens with zero attached hydrogens (tertiary/aromatic N) is 3. The Labute approximate surface area is 126 Å². The van der Waals surface area contributed by atoms with Gasteiger partial charge in [-0.3, -0.25) is 4.79 Å². The van der Waals surface area contributed by atoms with E-state index in [0.29, 0.717) is 18.5 Å². The molecule has 0 amide bonds. The van der Waals surface area contributed by atoms with Gasteiger partial charge in [0.1, 0.15) is 0 Å². The molecule has 2 aliphatic heterocycles. The lowest BCUT2D eigenvalue weighted by atomic mass is 10.00. The van der Waals surface area contributed by atoms with Crippen LogP contribution in [0.5, 0.6) is 0 Å². The van der Waals surface area contributed by atoms with Crippen LogP contribution in [0, 0.1) is 5.92 Å². The summed E-state index contributed by atoms with van der Waals surface area (Å²) in [6.45, 7) is 6.10. The molecule has 2 atom stereocenters. The summed E-state index contributed by atoms with van der Waals surface area (Å²) in [7, 11) is 0. The Morgan fingerprint density at radius 3 is 2.95 bits per heavy atom. The first-order valence-electron chi connectivity index (χ1n) is 8.28. The highest BCUT2D eigenvalue weighted by molar-refractivity contribution is 5.43. The van der Waals surface area contributed by atoms with Crippen molar-refractivity contribution in [2.24, 2.45) is 5.92 Å². The molecule has 0 spiro atoms. The Hall–Kier alpha value is -1.36. The molecule has 3 heterocycles. The zero-order valence-electron chi connectivity index (χ0n) is 12.9. The van der Waals surface area contributed by atoms with Crippen molar-refractivity contribution in [3.05, 3.63) is 22.6 Å². The molecular formula is C16H26N4O. The van der Waals surface area contributed by atoms with Crippen molar-refractivity contribution >= 4 is 5.69 Å². The van der Waals surface area contributed by atoms with Crippen LogP contribution in [-0.2, 0) is 6.54 Å². The van der Waals surface area contributed by atoms with Crippen LogP contribution in [0.1, 0.15) is 39.0 Å². The van der Waals surface area contributed by atoms with E-state index in [9.17, 15) is 4.79 Å². The van der Waals surface area contributed by atoms with Crippen molar-refractivity contribution in [2.75, 3.05) is 24.5 Å². The van der Waals surface area contributed by atoms with Gasteiger partial charge in [-0.1, -0.05) is 13.3 Å². The third kappa shape index (κ3) is 3.64. The molecule has 2 fully saturated rings. The van der Waals surface area contributed by atoms with Crippen molar-refractivity contribution in [1.29, 1.82) is 0 Å². The number of nitrogens with one attached hydrogen (secondary N) is 1. The normalized spacial score (nSPS) is 26.8. The predicted octanol–water partition coefficient (Wildman–Crippen LogP) is 1.62. The van der Waals surface area contributed by atoms with E-state index >= 15 is 0 Å². The monoisotopic (exact) mass is 290 g/mol. The van der Waals surface area contributed by atoms with E-state index in [1.807, 2.05) is 6.20 Å². The fourth-order valence-corrected chi connectivity index (χ4v) is 3.45. The van der Waals surface area contributed by atoms with Crippen LogP contribution in [0.2, 0.25) is 0 Å². The standard InChI is InChI=1S/C16H26N4O/c1-13-5-4-8-19(11-13)15-9-16(21)20(18-10-15)12-14-6-2-3-7-17-14/h9-10,13-14,17H,2-8,11-12H2,1H3. The zero-order chi connectivity index (χ0) is 14.7. The van der Waals surface area contributed by atoms with Crippen molar-refractivity contribution in [3.8, 4) is 0 Å². The minimum Gasteiger partial charge on any atom is -0.370 e. The summed E-state index contributed by atoms with van der Waals surface area (Å²) in [5.74, 6) is 0.702. The van der Waals surface area contributed by atoms with E-state index in [0.717, 1.165) is 31.7 Å². The summed E-state index contributed by atoms with van der Waals surface area (Å²) in [4.78, 5) is 14.6. The first kappa shape index (κ1) is 14.6. The topological polar surface area (TPSA) is 50.2 Å². The molecule has 2 aliphatic rings. The molecule has 3 rings (SSSR count). The van der Waals surface area contributed by atoms with Gasteiger partial charge in [0.15, 0.2) is 0 Å². The van der Waals surface area contributed by atoms with Crippen molar-refractivity contribution in [2.45, 2.75) is 51.6 Å². The Morgan fingerprint density at radius 2 is 2.24 bits per heavy atom. The molecule has 5 heteroatoms. The van der Waals surface area contributed by atoms with E-state index < -0.39 is 0 Å². The van der Waals surface area contributed by atoms with Crippen LogP contribution in [0.3, 0.4) is 0 Å². The lowest BCUT2D eigenvalue weighted by Crippen LogP contribution is -2.41. The van der Waals surface area contributed by atoms with Gasteiger partial charge in [0, 0.05) is 25.2 Å². The highest BCUT2D eigenvalue weighted by atomic mass is 16.1. The number of rotatable bonds is 3. The Bertz CT molecular complexity index is 521. The van der Waals surface area contributed by atoms with Gasteiger partial charge in [-0.2, -0.15) is 5.10 Å². The van der Waals surface area contributed by atoms with E-state index in [1.165, 1.54) is 25.7 Å².